The number of aliphatic hydroxyl groups is 1. The van der Waals surface area contributed by atoms with Gasteiger partial charge >= 0.3 is 0 Å². The van der Waals surface area contributed by atoms with Crippen LogP contribution in [0.5, 0.6) is 11.5 Å². The molecular formula is C21H36IN3O3. The number of halogens is 1. The summed E-state index contributed by atoms with van der Waals surface area (Å²) in [5.41, 5.74) is 0.760. The number of aliphatic imine (C=N–C) groups is 1. The molecule has 1 fully saturated rings. The van der Waals surface area contributed by atoms with Gasteiger partial charge in [0, 0.05) is 12.6 Å². The van der Waals surface area contributed by atoms with E-state index < -0.39 is 6.10 Å². The van der Waals surface area contributed by atoms with Gasteiger partial charge in [0.15, 0.2) is 17.5 Å². The van der Waals surface area contributed by atoms with Crippen LogP contribution in [0.25, 0.3) is 0 Å². The Hall–Kier alpha value is -1.22. The number of methoxy groups -OCH3 is 2. The SMILES string of the molecule is CCNC(=NCC(O)c1ccc(OC)c(OC)c1)NC1CCCC(CC)C1.I. The topological polar surface area (TPSA) is 75.1 Å². The molecule has 1 aliphatic rings. The summed E-state index contributed by atoms with van der Waals surface area (Å²) in [6, 6.07) is 5.90. The zero-order valence-corrected chi connectivity index (χ0v) is 19.9. The third-order valence-electron chi connectivity index (χ3n) is 5.26. The van der Waals surface area contributed by atoms with Gasteiger partial charge in [0.25, 0.3) is 0 Å². The average molecular weight is 505 g/mol. The van der Waals surface area contributed by atoms with E-state index in [-0.39, 0.29) is 30.5 Å². The van der Waals surface area contributed by atoms with Crippen molar-refractivity contribution in [3.63, 3.8) is 0 Å². The molecule has 0 bridgehead atoms. The summed E-state index contributed by atoms with van der Waals surface area (Å²) in [6.07, 6.45) is 5.52. The van der Waals surface area contributed by atoms with Gasteiger partial charge in [-0.2, -0.15) is 0 Å². The number of nitrogens with zero attached hydrogens (tertiary/aromatic N) is 1. The highest BCUT2D eigenvalue weighted by Gasteiger charge is 2.21. The monoisotopic (exact) mass is 505 g/mol. The Kier molecular flexibility index (Phi) is 11.6. The molecule has 2 rings (SSSR count). The summed E-state index contributed by atoms with van der Waals surface area (Å²) in [5, 5.41) is 17.4. The zero-order chi connectivity index (χ0) is 19.6. The van der Waals surface area contributed by atoms with Crippen LogP contribution in [0.1, 0.15) is 57.6 Å². The zero-order valence-electron chi connectivity index (χ0n) is 17.5. The van der Waals surface area contributed by atoms with E-state index in [9.17, 15) is 5.11 Å². The average Bonchev–Trinajstić information content (AvgIpc) is 2.71. The van der Waals surface area contributed by atoms with Crippen LogP contribution in [-0.4, -0.2) is 44.4 Å². The molecule has 160 valence electrons. The first kappa shape index (κ1) is 24.8. The van der Waals surface area contributed by atoms with Crippen LogP contribution in [0.4, 0.5) is 0 Å². The Morgan fingerprint density at radius 1 is 1.21 bits per heavy atom. The Bertz CT molecular complexity index is 613. The molecule has 7 heteroatoms. The number of hydrogen-bond acceptors (Lipinski definition) is 4. The summed E-state index contributed by atoms with van der Waals surface area (Å²) in [4.78, 5) is 4.61. The van der Waals surface area contributed by atoms with E-state index in [1.165, 1.54) is 32.1 Å². The maximum Gasteiger partial charge on any atom is 0.191 e. The second-order valence-electron chi connectivity index (χ2n) is 7.13. The maximum absolute atomic E-state index is 10.5. The summed E-state index contributed by atoms with van der Waals surface area (Å²) in [6.45, 7) is 5.40. The first-order valence-electron chi connectivity index (χ1n) is 10.1. The van der Waals surface area contributed by atoms with Crippen LogP contribution in [0.15, 0.2) is 23.2 Å². The standard InChI is InChI=1S/C21H35N3O3.HI/c1-5-15-8-7-9-17(12-15)24-21(22-6-2)23-14-18(25)16-10-11-19(26-3)20(13-16)27-4;/h10-11,13,15,17-18,25H,5-9,12,14H2,1-4H3,(H2,22,23,24);1H. The minimum atomic E-state index is -0.699. The lowest BCUT2D eigenvalue weighted by Gasteiger charge is -2.30. The molecule has 1 aromatic carbocycles. The van der Waals surface area contributed by atoms with Crippen molar-refractivity contribution in [3.05, 3.63) is 23.8 Å². The summed E-state index contributed by atoms with van der Waals surface area (Å²) in [7, 11) is 3.19. The Morgan fingerprint density at radius 3 is 2.61 bits per heavy atom. The molecule has 0 amide bonds. The molecular weight excluding hydrogens is 469 g/mol. The van der Waals surface area contributed by atoms with Gasteiger partial charge in [-0.3, -0.25) is 4.99 Å². The molecule has 3 atom stereocenters. The minimum Gasteiger partial charge on any atom is -0.493 e. The van der Waals surface area contributed by atoms with Crippen molar-refractivity contribution >= 4 is 29.9 Å². The van der Waals surface area contributed by atoms with E-state index in [4.69, 9.17) is 9.47 Å². The predicted molar refractivity (Wildman–Crippen MR) is 125 cm³/mol. The molecule has 1 saturated carbocycles. The van der Waals surface area contributed by atoms with Gasteiger partial charge in [0.1, 0.15) is 0 Å². The van der Waals surface area contributed by atoms with Crippen molar-refractivity contribution in [2.24, 2.45) is 10.9 Å². The van der Waals surface area contributed by atoms with E-state index in [1.807, 2.05) is 6.07 Å². The lowest BCUT2D eigenvalue weighted by molar-refractivity contribution is 0.186. The second-order valence-corrected chi connectivity index (χ2v) is 7.13. The summed E-state index contributed by atoms with van der Waals surface area (Å²) in [5.74, 6) is 2.83. The minimum absolute atomic E-state index is 0. The van der Waals surface area contributed by atoms with E-state index in [2.05, 4.69) is 29.5 Å². The number of rotatable bonds is 8. The molecule has 0 spiro atoms. The van der Waals surface area contributed by atoms with Gasteiger partial charge in [-0.05, 0) is 43.4 Å². The first-order valence-corrected chi connectivity index (χ1v) is 10.1. The Balaban J connectivity index is 0.00000392. The van der Waals surface area contributed by atoms with Gasteiger partial charge in [0.05, 0.1) is 26.9 Å². The van der Waals surface area contributed by atoms with Crippen LogP contribution in [0.2, 0.25) is 0 Å². The highest BCUT2D eigenvalue weighted by molar-refractivity contribution is 14.0. The molecule has 1 aromatic rings. The molecule has 0 aliphatic heterocycles. The van der Waals surface area contributed by atoms with Crippen LogP contribution >= 0.6 is 24.0 Å². The molecule has 1 aliphatic carbocycles. The van der Waals surface area contributed by atoms with Crippen molar-refractivity contribution in [2.45, 2.75) is 58.1 Å². The Morgan fingerprint density at radius 2 is 1.96 bits per heavy atom. The number of hydrogen-bond donors (Lipinski definition) is 3. The molecule has 3 N–H and O–H groups in total. The van der Waals surface area contributed by atoms with Crippen LogP contribution in [0, 0.1) is 5.92 Å². The fourth-order valence-electron chi connectivity index (χ4n) is 3.65. The van der Waals surface area contributed by atoms with E-state index in [0.717, 1.165) is 24.0 Å². The predicted octanol–water partition coefficient (Wildman–Crippen LogP) is 3.88. The smallest absolute Gasteiger partial charge is 0.191 e. The molecule has 0 heterocycles. The normalized spacial score (nSPS) is 20.7. The molecule has 3 unspecified atom stereocenters. The molecule has 0 aromatic heterocycles. The number of aliphatic hydroxyl groups excluding tert-OH is 1. The maximum atomic E-state index is 10.5. The third-order valence-corrected chi connectivity index (χ3v) is 5.26. The first-order chi connectivity index (χ1) is 13.1. The van der Waals surface area contributed by atoms with Crippen LogP contribution < -0.4 is 20.1 Å². The second kappa shape index (κ2) is 13.1. The van der Waals surface area contributed by atoms with Crippen LogP contribution in [0.3, 0.4) is 0 Å². The van der Waals surface area contributed by atoms with E-state index in [0.29, 0.717) is 17.5 Å². The van der Waals surface area contributed by atoms with E-state index in [1.54, 1.807) is 26.4 Å². The van der Waals surface area contributed by atoms with Crippen molar-refractivity contribution in [3.8, 4) is 11.5 Å². The highest BCUT2D eigenvalue weighted by atomic mass is 127. The number of guanidine groups is 1. The summed E-state index contributed by atoms with van der Waals surface area (Å²) < 4.78 is 10.6. The number of benzene rings is 1. The number of nitrogens with one attached hydrogen (secondary N) is 2. The Labute approximate surface area is 186 Å². The van der Waals surface area contributed by atoms with Gasteiger partial charge in [-0.25, -0.2) is 0 Å². The largest absolute Gasteiger partial charge is 0.493 e. The lowest BCUT2D eigenvalue weighted by Crippen LogP contribution is -2.45. The highest BCUT2D eigenvalue weighted by Crippen LogP contribution is 2.30. The van der Waals surface area contributed by atoms with Gasteiger partial charge in [0.2, 0.25) is 0 Å². The van der Waals surface area contributed by atoms with Crippen molar-refractivity contribution < 1.29 is 14.6 Å². The summed E-state index contributed by atoms with van der Waals surface area (Å²) >= 11 is 0. The van der Waals surface area contributed by atoms with E-state index >= 15 is 0 Å². The van der Waals surface area contributed by atoms with Crippen LogP contribution in [-0.2, 0) is 0 Å². The quantitative estimate of drug-likeness (QED) is 0.284. The third kappa shape index (κ3) is 7.31. The lowest BCUT2D eigenvalue weighted by atomic mass is 9.84. The van der Waals surface area contributed by atoms with Gasteiger partial charge in [-0.15, -0.1) is 24.0 Å². The van der Waals surface area contributed by atoms with Gasteiger partial charge in [-0.1, -0.05) is 32.3 Å². The van der Waals surface area contributed by atoms with Crippen molar-refractivity contribution in [1.82, 2.24) is 10.6 Å². The van der Waals surface area contributed by atoms with Gasteiger partial charge < -0.3 is 25.2 Å². The fourth-order valence-corrected chi connectivity index (χ4v) is 3.65. The molecule has 28 heavy (non-hydrogen) atoms. The molecule has 0 radical (unpaired) electrons. The fraction of sp³-hybridized carbons (Fsp3) is 0.667. The molecule has 0 saturated heterocycles. The van der Waals surface area contributed by atoms with Crippen molar-refractivity contribution in [1.29, 1.82) is 0 Å². The molecule has 6 nitrogen and oxygen atoms in total. The number of ether oxygens (including phenoxy) is 2. The van der Waals surface area contributed by atoms with Crippen molar-refractivity contribution in [2.75, 3.05) is 27.3 Å².